The third-order valence-electron chi connectivity index (χ3n) is 6.45. The first-order valence-electron chi connectivity index (χ1n) is 12.7. The van der Waals surface area contributed by atoms with Gasteiger partial charge in [-0.25, -0.2) is 0 Å². The molecule has 1 unspecified atom stereocenters. The van der Waals surface area contributed by atoms with Gasteiger partial charge in [0.2, 0.25) is 0 Å². The summed E-state index contributed by atoms with van der Waals surface area (Å²) in [6, 6.07) is -0.784. The predicted molar refractivity (Wildman–Crippen MR) is 126 cm³/mol. The number of rotatable bonds is 18. The maximum Gasteiger partial charge on any atom is 0.184 e. The van der Waals surface area contributed by atoms with Crippen molar-refractivity contribution in [3.05, 3.63) is 12.2 Å². The molecule has 0 radical (unpaired) electrons. The van der Waals surface area contributed by atoms with Crippen LogP contribution >= 0.6 is 0 Å². The molecule has 0 bridgehead atoms. The highest BCUT2D eigenvalue weighted by Gasteiger charge is 2.51. The second-order valence-electron chi connectivity index (χ2n) is 9.12. The topological polar surface area (TPSA) is 102 Å². The fourth-order valence-electron chi connectivity index (χ4n) is 4.47. The molecule has 184 valence electrons. The van der Waals surface area contributed by atoms with Gasteiger partial charge >= 0.3 is 0 Å². The lowest BCUT2D eigenvalue weighted by atomic mass is 9.87. The van der Waals surface area contributed by atoms with Crippen molar-refractivity contribution in [1.82, 2.24) is 5.32 Å². The molecule has 0 aromatic rings. The van der Waals surface area contributed by atoms with Crippen molar-refractivity contribution in [2.24, 2.45) is 0 Å². The van der Waals surface area contributed by atoms with Crippen LogP contribution in [0.1, 0.15) is 103 Å². The SMILES string of the molecule is CCCCCCCC/C=C\CCCCCCCCC1(O)O[C@H](CO)[C@@H](O)[C@H](O)[C@H]1NC. The Morgan fingerprint density at radius 2 is 1.32 bits per heavy atom. The van der Waals surface area contributed by atoms with E-state index in [0.717, 1.165) is 25.7 Å². The lowest BCUT2D eigenvalue weighted by molar-refractivity contribution is -0.321. The van der Waals surface area contributed by atoms with Gasteiger partial charge in [-0.2, -0.15) is 0 Å². The van der Waals surface area contributed by atoms with E-state index >= 15 is 0 Å². The Morgan fingerprint density at radius 1 is 0.806 bits per heavy atom. The molecule has 1 fully saturated rings. The summed E-state index contributed by atoms with van der Waals surface area (Å²) in [6.45, 7) is 1.82. The molecular weight excluding hydrogens is 394 g/mol. The number of aliphatic hydroxyl groups is 4. The molecule has 0 saturated carbocycles. The molecule has 6 nitrogen and oxygen atoms in total. The van der Waals surface area contributed by atoms with Gasteiger partial charge in [0.1, 0.15) is 18.3 Å². The molecule has 0 aromatic heterocycles. The molecule has 1 heterocycles. The van der Waals surface area contributed by atoms with Crippen molar-refractivity contribution in [2.45, 2.75) is 133 Å². The standard InChI is InChI=1S/C25H49NO5/c1-3-4-5-6-7-8-9-10-11-12-13-14-15-16-17-18-19-25(30)24(26-2)23(29)22(28)21(20-27)31-25/h10-11,21-24,26-30H,3-9,12-20H2,1-2H3/b11-10-/t21-,22-,23+,24-,25?/m1/s1. The molecule has 1 aliphatic rings. The Balaban J connectivity index is 2.07. The number of nitrogens with one attached hydrogen (secondary N) is 1. The lowest BCUT2D eigenvalue weighted by Gasteiger charge is -2.47. The van der Waals surface area contributed by atoms with Gasteiger partial charge in [-0.15, -0.1) is 0 Å². The van der Waals surface area contributed by atoms with Crippen LogP contribution in [0.25, 0.3) is 0 Å². The molecule has 0 aliphatic carbocycles. The van der Waals surface area contributed by atoms with Crippen LogP contribution in [0, 0.1) is 0 Å². The van der Waals surface area contributed by atoms with Crippen molar-refractivity contribution in [3.63, 3.8) is 0 Å². The molecule has 1 rings (SSSR count). The number of likely N-dealkylation sites (N-methyl/N-ethyl adjacent to an activating group) is 1. The maximum absolute atomic E-state index is 10.9. The van der Waals surface area contributed by atoms with Crippen LogP contribution in [0.2, 0.25) is 0 Å². The summed E-state index contributed by atoms with van der Waals surface area (Å²) >= 11 is 0. The second-order valence-corrected chi connectivity index (χ2v) is 9.12. The van der Waals surface area contributed by atoms with E-state index in [4.69, 9.17) is 4.74 Å². The summed E-state index contributed by atoms with van der Waals surface area (Å²) in [4.78, 5) is 0. The van der Waals surface area contributed by atoms with Gasteiger partial charge in [0.15, 0.2) is 5.79 Å². The van der Waals surface area contributed by atoms with Crippen molar-refractivity contribution < 1.29 is 25.2 Å². The van der Waals surface area contributed by atoms with Gasteiger partial charge in [-0.05, 0) is 39.2 Å². The Kier molecular flexibility index (Phi) is 15.7. The van der Waals surface area contributed by atoms with Crippen molar-refractivity contribution in [2.75, 3.05) is 13.7 Å². The van der Waals surface area contributed by atoms with Crippen LogP contribution in [0.5, 0.6) is 0 Å². The van der Waals surface area contributed by atoms with Crippen LogP contribution < -0.4 is 5.32 Å². The minimum atomic E-state index is -1.58. The molecule has 0 spiro atoms. The predicted octanol–water partition coefficient (Wildman–Crippen LogP) is 3.80. The van der Waals surface area contributed by atoms with Crippen molar-refractivity contribution in [1.29, 1.82) is 0 Å². The summed E-state index contributed by atoms with van der Waals surface area (Å²) in [5.74, 6) is -1.58. The molecule has 5 N–H and O–H groups in total. The first-order chi connectivity index (χ1) is 15.0. The fraction of sp³-hybridized carbons (Fsp3) is 0.920. The zero-order chi connectivity index (χ0) is 23.0. The maximum atomic E-state index is 10.9. The Morgan fingerprint density at radius 3 is 1.84 bits per heavy atom. The highest BCUT2D eigenvalue weighted by atomic mass is 16.6. The molecule has 0 aromatic carbocycles. The van der Waals surface area contributed by atoms with Gasteiger partial charge in [-0.1, -0.05) is 76.9 Å². The molecule has 1 aliphatic heterocycles. The molecule has 1 saturated heterocycles. The number of allylic oxidation sites excluding steroid dienone is 2. The average Bonchev–Trinajstić information content (AvgIpc) is 2.76. The van der Waals surface area contributed by atoms with E-state index in [1.54, 1.807) is 7.05 Å². The van der Waals surface area contributed by atoms with Gasteiger partial charge < -0.3 is 30.5 Å². The average molecular weight is 444 g/mol. The van der Waals surface area contributed by atoms with E-state index in [2.05, 4.69) is 24.4 Å². The number of aliphatic hydroxyl groups excluding tert-OH is 3. The smallest absolute Gasteiger partial charge is 0.184 e. The third-order valence-corrected chi connectivity index (χ3v) is 6.45. The summed E-state index contributed by atoms with van der Waals surface area (Å²) in [5.41, 5.74) is 0. The number of ether oxygens (including phenoxy) is 1. The highest BCUT2D eigenvalue weighted by Crippen LogP contribution is 2.32. The van der Waals surface area contributed by atoms with Crippen molar-refractivity contribution in [3.8, 4) is 0 Å². The molecular formula is C25H49NO5. The minimum Gasteiger partial charge on any atom is -0.394 e. The zero-order valence-electron chi connectivity index (χ0n) is 20.0. The summed E-state index contributed by atoms with van der Waals surface area (Å²) < 4.78 is 5.56. The largest absolute Gasteiger partial charge is 0.394 e. The van der Waals surface area contributed by atoms with E-state index in [-0.39, 0.29) is 0 Å². The quantitative estimate of drug-likeness (QED) is 0.163. The van der Waals surface area contributed by atoms with Crippen molar-refractivity contribution >= 4 is 0 Å². The zero-order valence-corrected chi connectivity index (χ0v) is 20.0. The van der Waals surface area contributed by atoms with E-state index in [1.807, 2.05) is 0 Å². The monoisotopic (exact) mass is 443 g/mol. The van der Waals surface area contributed by atoms with E-state index in [9.17, 15) is 20.4 Å². The number of hydrogen-bond donors (Lipinski definition) is 5. The normalized spacial score (nSPS) is 29.1. The first kappa shape index (κ1) is 28.5. The first-order valence-corrected chi connectivity index (χ1v) is 12.7. The molecule has 31 heavy (non-hydrogen) atoms. The second kappa shape index (κ2) is 17.0. The molecule has 0 amide bonds. The van der Waals surface area contributed by atoms with Gasteiger partial charge in [-0.3, -0.25) is 0 Å². The fourth-order valence-corrected chi connectivity index (χ4v) is 4.47. The van der Waals surface area contributed by atoms with E-state index in [0.29, 0.717) is 6.42 Å². The van der Waals surface area contributed by atoms with Gasteiger partial charge in [0.25, 0.3) is 0 Å². The molecule has 5 atom stereocenters. The Labute approximate surface area is 190 Å². The van der Waals surface area contributed by atoms with E-state index < -0.39 is 36.7 Å². The van der Waals surface area contributed by atoms with Crippen LogP contribution in [-0.2, 0) is 4.74 Å². The Hall–Kier alpha value is -0.500. The van der Waals surface area contributed by atoms with Crippen LogP contribution in [0.3, 0.4) is 0 Å². The lowest BCUT2D eigenvalue weighted by Crippen LogP contribution is -2.69. The van der Waals surface area contributed by atoms with Crippen LogP contribution in [0.4, 0.5) is 0 Å². The summed E-state index contributed by atoms with van der Waals surface area (Å²) in [5, 5.41) is 43.3. The van der Waals surface area contributed by atoms with Gasteiger partial charge in [0.05, 0.1) is 12.6 Å². The van der Waals surface area contributed by atoms with Crippen LogP contribution in [0.15, 0.2) is 12.2 Å². The van der Waals surface area contributed by atoms with Crippen LogP contribution in [-0.4, -0.2) is 64.2 Å². The van der Waals surface area contributed by atoms with Gasteiger partial charge in [0, 0.05) is 6.42 Å². The minimum absolute atomic E-state index is 0.361. The summed E-state index contributed by atoms with van der Waals surface area (Å²) in [6.07, 6.45) is 18.7. The Bertz CT molecular complexity index is 461. The summed E-state index contributed by atoms with van der Waals surface area (Å²) in [7, 11) is 1.62. The third kappa shape index (κ3) is 10.8. The number of hydrogen-bond acceptors (Lipinski definition) is 6. The van der Waals surface area contributed by atoms with E-state index in [1.165, 1.54) is 64.2 Å². The number of unbranched alkanes of at least 4 members (excludes halogenated alkanes) is 12. The molecule has 6 heteroatoms. The highest BCUT2D eigenvalue weighted by molar-refractivity contribution is 4.99.